The summed E-state index contributed by atoms with van der Waals surface area (Å²) in [7, 11) is 1.59. The quantitative estimate of drug-likeness (QED) is 0.476. The van der Waals surface area contributed by atoms with Crippen LogP contribution < -0.4 is 14.8 Å². The van der Waals surface area contributed by atoms with E-state index in [-0.39, 0.29) is 13.2 Å². The molecule has 0 amide bonds. The number of carboxylic acids is 1. The van der Waals surface area contributed by atoms with E-state index in [4.69, 9.17) is 23.8 Å². The maximum absolute atomic E-state index is 10.6. The third kappa shape index (κ3) is 6.09. The van der Waals surface area contributed by atoms with E-state index < -0.39 is 5.97 Å². The summed E-state index contributed by atoms with van der Waals surface area (Å²) in [6.45, 7) is 2.14. The highest BCUT2D eigenvalue weighted by Crippen LogP contribution is 2.33. The largest absolute Gasteiger partial charge is 0.493 e. The number of nitrogens with one attached hydrogen (secondary N) is 1. The summed E-state index contributed by atoms with van der Waals surface area (Å²) in [4.78, 5) is 15.2. The minimum absolute atomic E-state index is 0.224. The van der Waals surface area contributed by atoms with Crippen LogP contribution in [0.3, 0.4) is 0 Å². The van der Waals surface area contributed by atoms with E-state index in [2.05, 4.69) is 15.5 Å². The summed E-state index contributed by atoms with van der Waals surface area (Å²) in [5.41, 5.74) is 2.60. The van der Waals surface area contributed by atoms with Crippen molar-refractivity contribution >= 4 is 5.97 Å². The molecule has 1 aromatic heterocycles. The molecule has 1 aliphatic heterocycles. The molecule has 0 aliphatic carbocycles. The minimum atomic E-state index is -0.992. The van der Waals surface area contributed by atoms with E-state index in [9.17, 15) is 4.79 Å². The molecule has 0 atom stereocenters. The van der Waals surface area contributed by atoms with E-state index in [1.54, 1.807) is 7.11 Å². The Bertz CT molecular complexity index is 1080. The fourth-order valence-corrected chi connectivity index (χ4v) is 3.74. The number of rotatable bonds is 10. The molecule has 2 aromatic carbocycles. The van der Waals surface area contributed by atoms with Gasteiger partial charge >= 0.3 is 5.97 Å². The average Bonchev–Trinajstić information content (AvgIpc) is 3.34. The van der Waals surface area contributed by atoms with Crippen LogP contribution in [-0.4, -0.2) is 48.0 Å². The average molecular weight is 453 g/mol. The molecule has 33 heavy (non-hydrogen) atoms. The third-order valence-corrected chi connectivity index (χ3v) is 5.43. The number of carboxylic acid groups (broad SMARTS) is 1. The summed E-state index contributed by atoms with van der Waals surface area (Å²) < 4.78 is 22.2. The number of ether oxygens (including phenoxy) is 3. The third-order valence-electron chi connectivity index (χ3n) is 5.43. The van der Waals surface area contributed by atoms with E-state index in [1.807, 2.05) is 42.5 Å². The van der Waals surface area contributed by atoms with Crippen molar-refractivity contribution in [2.24, 2.45) is 0 Å². The first kappa shape index (κ1) is 22.8. The van der Waals surface area contributed by atoms with Gasteiger partial charge < -0.3 is 29.2 Å². The van der Waals surface area contributed by atoms with Crippen molar-refractivity contribution in [3.05, 3.63) is 59.5 Å². The van der Waals surface area contributed by atoms with Crippen LogP contribution >= 0.6 is 0 Å². The van der Waals surface area contributed by atoms with Crippen LogP contribution in [0.15, 0.2) is 47.0 Å². The maximum atomic E-state index is 10.6. The van der Waals surface area contributed by atoms with Crippen molar-refractivity contribution in [2.75, 3.05) is 26.8 Å². The fourth-order valence-electron chi connectivity index (χ4n) is 3.74. The molecule has 0 saturated carbocycles. The lowest BCUT2D eigenvalue weighted by molar-refractivity contribution is -0.142. The van der Waals surface area contributed by atoms with Gasteiger partial charge in [-0.2, -0.15) is 4.98 Å². The highest BCUT2D eigenvalue weighted by molar-refractivity contribution is 5.68. The summed E-state index contributed by atoms with van der Waals surface area (Å²) in [6, 6.07) is 13.2. The van der Waals surface area contributed by atoms with Gasteiger partial charge in [-0.1, -0.05) is 29.4 Å². The first-order valence-electron chi connectivity index (χ1n) is 10.9. The highest BCUT2D eigenvalue weighted by atomic mass is 16.5. The van der Waals surface area contributed by atoms with Gasteiger partial charge in [0.1, 0.15) is 13.2 Å². The molecule has 0 spiro atoms. The van der Waals surface area contributed by atoms with Gasteiger partial charge in [-0.3, -0.25) is 0 Å². The molecule has 4 rings (SSSR count). The normalized spacial score (nSPS) is 14.2. The van der Waals surface area contributed by atoms with Gasteiger partial charge in [-0.05, 0) is 55.3 Å². The topological polar surface area (TPSA) is 116 Å². The van der Waals surface area contributed by atoms with Crippen molar-refractivity contribution in [3.8, 4) is 22.9 Å². The second-order valence-electron chi connectivity index (χ2n) is 7.84. The van der Waals surface area contributed by atoms with Crippen molar-refractivity contribution in [2.45, 2.75) is 32.0 Å². The SMILES string of the molecule is COc1cc(-c2noc(C3CCNCC3)n2)ccc1OCc1cccc(COCC(=O)O)c1. The van der Waals surface area contributed by atoms with Gasteiger partial charge in [0.2, 0.25) is 11.7 Å². The van der Waals surface area contributed by atoms with Crippen molar-refractivity contribution < 1.29 is 28.6 Å². The van der Waals surface area contributed by atoms with E-state index in [1.165, 1.54) is 0 Å². The lowest BCUT2D eigenvalue weighted by Crippen LogP contribution is -2.26. The molecule has 2 N–H and O–H groups in total. The van der Waals surface area contributed by atoms with Gasteiger partial charge in [0.25, 0.3) is 0 Å². The van der Waals surface area contributed by atoms with E-state index in [0.29, 0.717) is 35.7 Å². The Morgan fingerprint density at radius 2 is 1.91 bits per heavy atom. The van der Waals surface area contributed by atoms with Crippen LogP contribution in [0.5, 0.6) is 11.5 Å². The molecule has 0 unspecified atom stereocenters. The molecule has 3 aromatic rings. The molecular weight excluding hydrogens is 426 g/mol. The standard InChI is InChI=1S/C24H27N3O6/c1-30-21-12-19(23-26-24(33-27-23)18-7-9-25-10-8-18)5-6-20(21)32-14-17-4-2-3-16(11-17)13-31-15-22(28)29/h2-6,11-12,18,25H,7-10,13-15H2,1H3,(H,28,29). The Hall–Kier alpha value is -3.43. The Morgan fingerprint density at radius 3 is 2.67 bits per heavy atom. The summed E-state index contributed by atoms with van der Waals surface area (Å²) in [6.07, 6.45) is 1.98. The zero-order chi connectivity index (χ0) is 23.0. The predicted octanol–water partition coefficient (Wildman–Crippen LogP) is 3.39. The molecular formula is C24H27N3O6. The lowest BCUT2D eigenvalue weighted by Gasteiger charge is -2.18. The molecule has 9 heteroatoms. The van der Waals surface area contributed by atoms with Gasteiger partial charge in [-0.25, -0.2) is 4.79 Å². The predicted molar refractivity (Wildman–Crippen MR) is 119 cm³/mol. The molecule has 1 fully saturated rings. The van der Waals surface area contributed by atoms with E-state index in [0.717, 1.165) is 42.6 Å². The zero-order valence-corrected chi connectivity index (χ0v) is 18.5. The molecule has 1 saturated heterocycles. The monoisotopic (exact) mass is 453 g/mol. The van der Waals surface area contributed by atoms with Crippen LogP contribution in [0.2, 0.25) is 0 Å². The van der Waals surface area contributed by atoms with Crippen LogP contribution in [0.4, 0.5) is 0 Å². The van der Waals surface area contributed by atoms with Crippen molar-refractivity contribution in [1.82, 2.24) is 15.5 Å². The molecule has 9 nitrogen and oxygen atoms in total. The molecule has 174 valence electrons. The Labute approximate surface area is 191 Å². The Balaban J connectivity index is 1.40. The van der Waals surface area contributed by atoms with Gasteiger partial charge in [-0.15, -0.1) is 0 Å². The number of hydrogen-bond acceptors (Lipinski definition) is 8. The number of nitrogens with zero attached hydrogens (tertiary/aromatic N) is 2. The number of carbonyl (C=O) groups is 1. The Kier molecular flexibility index (Phi) is 7.54. The maximum Gasteiger partial charge on any atom is 0.329 e. The minimum Gasteiger partial charge on any atom is -0.493 e. The fraction of sp³-hybridized carbons (Fsp3) is 0.375. The number of aromatic nitrogens is 2. The van der Waals surface area contributed by atoms with Gasteiger partial charge in [0, 0.05) is 11.5 Å². The number of hydrogen-bond donors (Lipinski definition) is 2. The first-order chi connectivity index (χ1) is 16.1. The lowest BCUT2D eigenvalue weighted by atomic mass is 9.98. The Morgan fingerprint density at radius 1 is 1.12 bits per heavy atom. The zero-order valence-electron chi connectivity index (χ0n) is 18.5. The van der Waals surface area contributed by atoms with Gasteiger partial charge in [0.05, 0.1) is 13.7 Å². The van der Waals surface area contributed by atoms with Crippen molar-refractivity contribution in [1.29, 1.82) is 0 Å². The molecule has 0 bridgehead atoms. The first-order valence-corrected chi connectivity index (χ1v) is 10.9. The van der Waals surface area contributed by atoms with Crippen LogP contribution in [0, 0.1) is 0 Å². The van der Waals surface area contributed by atoms with Crippen molar-refractivity contribution in [3.63, 3.8) is 0 Å². The summed E-state index contributed by atoms with van der Waals surface area (Å²) in [5, 5.41) is 16.2. The number of piperidine rings is 1. The smallest absolute Gasteiger partial charge is 0.329 e. The number of aliphatic carboxylic acids is 1. The second-order valence-corrected chi connectivity index (χ2v) is 7.84. The molecule has 0 radical (unpaired) electrons. The van der Waals surface area contributed by atoms with E-state index >= 15 is 0 Å². The molecule has 2 heterocycles. The second kappa shape index (κ2) is 10.9. The summed E-state index contributed by atoms with van der Waals surface area (Å²) in [5.74, 6) is 1.67. The van der Waals surface area contributed by atoms with Crippen LogP contribution in [0.1, 0.15) is 35.8 Å². The highest BCUT2D eigenvalue weighted by Gasteiger charge is 2.22. The number of methoxy groups -OCH3 is 1. The molecule has 1 aliphatic rings. The van der Waals surface area contributed by atoms with Crippen LogP contribution in [0.25, 0.3) is 11.4 Å². The van der Waals surface area contributed by atoms with Gasteiger partial charge in [0.15, 0.2) is 11.5 Å². The number of benzene rings is 2. The summed E-state index contributed by atoms with van der Waals surface area (Å²) >= 11 is 0. The van der Waals surface area contributed by atoms with Crippen LogP contribution in [-0.2, 0) is 22.7 Å².